The number of hydrogen-bond acceptors (Lipinski definition) is 0. The molecule has 66 valence electrons. The highest BCUT2D eigenvalue weighted by atomic mass is 79.9. The molecule has 0 aliphatic heterocycles. The van der Waals surface area contributed by atoms with Crippen molar-refractivity contribution in [1.82, 2.24) is 0 Å². The Morgan fingerprint density at radius 1 is 1.09 bits per heavy atom. The van der Waals surface area contributed by atoms with Crippen molar-refractivity contribution in [2.45, 2.75) is 32.1 Å². The molecule has 1 aliphatic carbocycles. The first kappa shape index (κ1) is 10.0. The van der Waals surface area contributed by atoms with Gasteiger partial charge in [0.15, 0.2) is 0 Å². The zero-order chi connectivity index (χ0) is 8.10. The van der Waals surface area contributed by atoms with Gasteiger partial charge in [0, 0.05) is 10.7 Å². The number of alkyl halides is 2. The minimum absolute atomic E-state index is 0.966. The van der Waals surface area contributed by atoms with Crippen molar-refractivity contribution < 1.29 is 0 Å². The van der Waals surface area contributed by atoms with Crippen molar-refractivity contribution in [1.29, 1.82) is 0 Å². The van der Waals surface area contributed by atoms with Gasteiger partial charge in [-0.1, -0.05) is 44.7 Å². The van der Waals surface area contributed by atoms with Gasteiger partial charge in [0.25, 0.3) is 0 Å². The van der Waals surface area contributed by atoms with E-state index < -0.39 is 0 Å². The second-order valence-corrected chi connectivity index (χ2v) is 4.97. The van der Waals surface area contributed by atoms with Gasteiger partial charge in [0.05, 0.1) is 0 Å². The average Bonchev–Trinajstić information content (AvgIpc) is 2.06. The highest BCUT2D eigenvalue weighted by Gasteiger charge is 2.20. The lowest BCUT2D eigenvalue weighted by Crippen LogP contribution is -2.16. The Balaban J connectivity index is 2.21. The van der Waals surface area contributed by atoms with Gasteiger partial charge in [-0.3, -0.25) is 0 Å². The molecule has 11 heavy (non-hydrogen) atoms. The third-order valence-corrected chi connectivity index (χ3v) is 4.00. The molecule has 0 spiro atoms. The van der Waals surface area contributed by atoms with Gasteiger partial charge >= 0.3 is 0 Å². The van der Waals surface area contributed by atoms with Crippen LogP contribution in [0.2, 0.25) is 0 Å². The molecule has 0 bridgehead atoms. The Bertz CT molecular complexity index is 102. The minimum atomic E-state index is 0.966. The predicted molar refractivity (Wildman–Crippen MR) is 57.7 cm³/mol. The van der Waals surface area contributed by atoms with Crippen LogP contribution >= 0.6 is 31.9 Å². The summed E-state index contributed by atoms with van der Waals surface area (Å²) in [4.78, 5) is 0. The van der Waals surface area contributed by atoms with Gasteiger partial charge < -0.3 is 0 Å². The molecule has 1 fully saturated rings. The van der Waals surface area contributed by atoms with Crippen molar-refractivity contribution in [2.24, 2.45) is 11.8 Å². The van der Waals surface area contributed by atoms with Crippen molar-refractivity contribution in [2.75, 3.05) is 10.7 Å². The fraction of sp³-hybridized carbons (Fsp3) is 1.00. The number of halogens is 2. The Morgan fingerprint density at radius 2 is 1.82 bits per heavy atom. The molecule has 1 rings (SSSR count). The van der Waals surface area contributed by atoms with Gasteiger partial charge in [0.1, 0.15) is 0 Å². The molecule has 0 nitrogen and oxygen atoms in total. The van der Waals surface area contributed by atoms with E-state index in [1.165, 1.54) is 42.8 Å². The lowest BCUT2D eigenvalue weighted by molar-refractivity contribution is 0.283. The predicted octanol–water partition coefficient (Wildman–Crippen LogP) is 3.97. The van der Waals surface area contributed by atoms with E-state index in [4.69, 9.17) is 0 Å². The van der Waals surface area contributed by atoms with Crippen LogP contribution in [0.1, 0.15) is 32.1 Å². The molecule has 0 aromatic heterocycles. The molecule has 2 atom stereocenters. The number of rotatable bonds is 3. The fourth-order valence-electron chi connectivity index (χ4n) is 1.96. The van der Waals surface area contributed by atoms with Crippen molar-refractivity contribution in [3.05, 3.63) is 0 Å². The van der Waals surface area contributed by atoms with E-state index in [-0.39, 0.29) is 0 Å². The van der Waals surface area contributed by atoms with Gasteiger partial charge in [-0.05, 0) is 31.1 Å². The zero-order valence-electron chi connectivity index (χ0n) is 6.86. The topological polar surface area (TPSA) is 0 Å². The summed E-state index contributed by atoms with van der Waals surface area (Å²) in [5.41, 5.74) is 0. The summed E-state index contributed by atoms with van der Waals surface area (Å²) in [6.07, 6.45) is 7.20. The molecule has 0 radical (unpaired) electrons. The van der Waals surface area contributed by atoms with Crippen LogP contribution in [0.3, 0.4) is 0 Å². The number of hydrogen-bond donors (Lipinski definition) is 0. The Hall–Kier alpha value is 0.960. The molecular formula is C9H16Br2. The average molecular weight is 284 g/mol. The van der Waals surface area contributed by atoms with E-state index in [2.05, 4.69) is 31.9 Å². The maximum atomic E-state index is 3.58. The normalized spacial score (nSPS) is 32.2. The SMILES string of the molecule is BrCCC1CCCC(CBr)C1. The molecular weight excluding hydrogens is 268 g/mol. The van der Waals surface area contributed by atoms with Crippen molar-refractivity contribution in [3.63, 3.8) is 0 Å². The molecule has 0 aromatic carbocycles. The van der Waals surface area contributed by atoms with E-state index >= 15 is 0 Å². The van der Waals surface area contributed by atoms with E-state index in [1.54, 1.807) is 0 Å². The van der Waals surface area contributed by atoms with Crippen LogP contribution in [0.5, 0.6) is 0 Å². The summed E-state index contributed by atoms with van der Waals surface area (Å²) in [7, 11) is 0. The van der Waals surface area contributed by atoms with Gasteiger partial charge in [-0.2, -0.15) is 0 Å². The fourth-order valence-corrected chi connectivity index (χ4v) is 3.19. The van der Waals surface area contributed by atoms with E-state index in [1.807, 2.05) is 0 Å². The third kappa shape index (κ3) is 3.45. The van der Waals surface area contributed by atoms with Crippen LogP contribution in [0, 0.1) is 11.8 Å². The first-order chi connectivity index (χ1) is 5.36. The highest BCUT2D eigenvalue weighted by Crippen LogP contribution is 2.32. The second kappa shape index (κ2) is 5.58. The highest BCUT2D eigenvalue weighted by molar-refractivity contribution is 9.09. The maximum Gasteiger partial charge on any atom is 0.00597 e. The van der Waals surface area contributed by atoms with Crippen LogP contribution in [0.15, 0.2) is 0 Å². The van der Waals surface area contributed by atoms with Gasteiger partial charge in [0.2, 0.25) is 0 Å². The monoisotopic (exact) mass is 282 g/mol. The summed E-state index contributed by atoms with van der Waals surface area (Å²) in [5, 5.41) is 2.40. The van der Waals surface area contributed by atoms with Crippen molar-refractivity contribution in [3.8, 4) is 0 Å². The van der Waals surface area contributed by atoms with Crippen molar-refractivity contribution >= 4 is 31.9 Å². The summed E-state index contributed by atoms with van der Waals surface area (Å²) < 4.78 is 0. The first-order valence-corrected chi connectivity index (χ1v) is 6.73. The third-order valence-electron chi connectivity index (χ3n) is 2.63. The summed E-state index contributed by atoms with van der Waals surface area (Å²) in [6.45, 7) is 0. The van der Waals surface area contributed by atoms with E-state index in [9.17, 15) is 0 Å². The summed E-state index contributed by atoms with van der Waals surface area (Å²) in [5.74, 6) is 1.97. The van der Waals surface area contributed by atoms with Crippen LogP contribution in [-0.2, 0) is 0 Å². The summed E-state index contributed by atoms with van der Waals surface area (Å²) in [6, 6.07) is 0. The quantitative estimate of drug-likeness (QED) is 0.688. The maximum absolute atomic E-state index is 3.58. The smallest absolute Gasteiger partial charge is 0.00597 e. The van der Waals surface area contributed by atoms with E-state index in [0.717, 1.165) is 11.8 Å². The summed E-state index contributed by atoms with van der Waals surface area (Å²) >= 11 is 7.09. The standard InChI is InChI=1S/C9H16Br2/c10-5-4-8-2-1-3-9(6-8)7-11/h8-9H,1-7H2. The molecule has 2 unspecified atom stereocenters. The molecule has 0 heterocycles. The van der Waals surface area contributed by atoms with Crippen LogP contribution in [0.4, 0.5) is 0 Å². The largest absolute Gasteiger partial charge is 0.0928 e. The minimum Gasteiger partial charge on any atom is -0.0928 e. The molecule has 1 aliphatic rings. The Kier molecular flexibility index (Phi) is 5.09. The first-order valence-electron chi connectivity index (χ1n) is 4.48. The zero-order valence-corrected chi connectivity index (χ0v) is 10.0. The second-order valence-electron chi connectivity index (χ2n) is 3.53. The molecule has 1 saturated carbocycles. The lowest BCUT2D eigenvalue weighted by Gasteiger charge is -2.27. The Morgan fingerprint density at radius 3 is 2.45 bits per heavy atom. The molecule has 0 amide bonds. The van der Waals surface area contributed by atoms with Gasteiger partial charge in [-0.25, -0.2) is 0 Å². The van der Waals surface area contributed by atoms with E-state index in [0.29, 0.717) is 0 Å². The molecule has 2 heteroatoms. The van der Waals surface area contributed by atoms with Crippen LogP contribution in [-0.4, -0.2) is 10.7 Å². The van der Waals surface area contributed by atoms with Crippen LogP contribution < -0.4 is 0 Å². The van der Waals surface area contributed by atoms with Crippen LogP contribution in [0.25, 0.3) is 0 Å². The Labute approximate surface area is 86.4 Å². The van der Waals surface area contributed by atoms with Gasteiger partial charge in [-0.15, -0.1) is 0 Å². The molecule has 0 aromatic rings. The molecule has 0 saturated heterocycles. The lowest BCUT2D eigenvalue weighted by atomic mass is 9.81. The molecule has 0 N–H and O–H groups in total.